The predicted molar refractivity (Wildman–Crippen MR) is 58.5 cm³/mol. The minimum atomic E-state index is -0.391. The molecule has 0 aromatic heterocycles. The van der Waals surface area contributed by atoms with Crippen LogP contribution < -0.4 is 20.7 Å². The lowest BCUT2D eigenvalue weighted by atomic mass is 10.3. The first-order chi connectivity index (χ1) is 7.17. The Bertz CT molecular complexity index is 357. The highest BCUT2D eigenvalue weighted by Crippen LogP contribution is 2.28. The highest BCUT2D eigenvalue weighted by molar-refractivity contribution is 9.10. The smallest absolute Gasteiger partial charge is 0.271 e. The Labute approximate surface area is 95.6 Å². The summed E-state index contributed by atoms with van der Waals surface area (Å²) in [7, 11) is 1.57. The summed E-state index contributed by atoms with van der Waals surface area (Å²) in [6.45, 7) is -0.124. The number of nitrogens with one attached hydrogen (secondary N) is 1. The summed E-state index contributed by atoms with van der Waals surface area (Å²) in [5.41, 5.74) is 1.97. The topological polar surface area (TPSA) is 73.6 Å². The quantitative estimate of drug-likeness (QED) is 0.485. The van der Waals surface area contributed by atoms with Crippen molar-refractivity contribution in [2.45, 2.75) is 0 Å². The largest absolute Gasteiger partial charge is 0.497 e. The second kappa shape index (κ2) is 5.57. The molecule has 0 fully saturated rings. The Hall–Kier alpha value is -1.27. The van der Waals surface area contributed by atoms with Crippen molar-refractivity contribution in [1.82, 2.24) is 5.43 Å². The number of amides is 1. The number of rotatable bonds is 4. The molecule has 82 valence electrons. The van der Waals surface area contributed by atoms with Gasteiger partial charge in [0, 0.05) is 0 Å². The highest BCUT2D eigenvalue weighted by atomic mass is 79.9. The van der Waals surface area contributed by atoms with Gasteiger partial charge >= 0.3 is 0 Å². The third kappa shape index (κ3) is 3.41. The Morgan fingerprint density at radius 1 is 1.60 bits per heavy atom. The molecule has 15 heavy (non-hydrogen) atoms. The normalized spacial score (nSPS) is 9.53. The molecule has 0 atom stereocenters. The number of hydrogen-bond acceptors (Lipinski definition) is 4. The molecule has 0 saturated carbocycles. The number of hydrogen-bond donors (Lipinski definition) is 2. The minimum absolute atomic E-state index is 0.124. The molecule has 0 aliphatic heterocycles. The number of carbonyl (C=O) groups excluding carboxylic acids is 1. The van der Waals surface area contributed by atoms with Gasteiger partial charge in [-0.15, -0.1) is 0 Å². The van der Waals surface area contributed by atoms with Gasteiger partial charge in [-0.2, -0.15) is 0 Å². The summed E-state index contributed by atoms with van der Waals surface area (Å²) in [5.74, 6) is 5.78. The molecule has 5 nitrogen and oxygen atoms in total. The first-order valence-electron chi connectivity index (χ1n) is 4.13. The molecule has 0 unspecified atom stereocenters. The van der Waals surface area contributed by atoms with E-state index >= 15 is 0 Å². The van der Waals surface area contributed by atoms with Gasteiger partial charge < -0.3 is 9.47 Å². The van der Waals surface area contributed by atoms with Crippen LogP contribution in [0.25, 0.3) is 0 Å². The number of carbonyl (C=O) groups is 1. The van der Waals surface area contributed by atoms with E-state index in [9.17, 15) is 4.79 Å². The lowest BCUT2D eigenvalue weighted by Crippen LogP contribution is -2.34. The van der Waals surface area contributed by atoms with Gasteiger partial charge in [0.05, 0.1) is 11.6 Å². The van der Waals surface area contributed by atoms with Crippen molar-refractivity contribution in [2.75, 3.05) is 13.7 Å². The maximum atomic E-state index is 10.8. The summed E-state index contributed by atoms with van der Waals surface area (Å²) in [6.07, 6.45) is 0. The van der Waals surface area contributed by atoms with Crippen LogP contribution in [0.2, 0.25) is 0 Å². The van der Waals surface area contributed by atoms with Gasteiger partial charge in [-0.1, -0.05) is 0 Å². The van der Waals surface area contributed by atoms with Crippen molar-refractivity contribution in [1.29, 1.82) is 0 Å². The molecule has 0 aliphatic carbocycles. The third-order valence-electron chi connectivity index (χ3n) is 1.66. The lowest BCUT2D eigenvalue weighted by Gasteiger charge is -2.08. The van der Waals surface area contributed by atoms with Crippen LogP contribution in [0.3, 0.4) is 0 Å². The van der Waals surface area contributed by atoms with Gasteiger partial charge in [-0.3, -0.25) is 10.2 Å². The van der Waals surface area contributed by atoms with Crippen molar-refractivity contribution in [3.05, 3.63) is 22.7 Å². The number of benzene rings is 1. The van der Waals surface area contributed by atoms with Gasteiger partial charge in [0.25, 0.3) is 5.91 Å². The highest BCUT2D eigenvalue weighted by Gasteiger charge is 2.05. The molecule has 1 rings (SSSR count). The van der Waals surface area contributed by atoms with Crippen molar-refractivity contribution in [2.24, 2.45) is 5.84 Å². The molecular formula is C9H11BrN2O3. The van der Waals surface area contributed by atoms with E-state index in [-0.39, 0.29) is 6.61 Å². The summed E-state index contributed by atoms with van der Waals surface area (Å²) in [5, 5.41) is 0. The SMILES string of the molecule is COc1ccc(OCC(=O)NN)c(Br)c1. The fraction of sp³-hybridized carbons (Fsp3) is 0.222. The van der Waals surface area contributed by atoms with Gasteiger partial charge in [-0.05, 0) is 34.1 Å². The molecule has 3 N–H and O–H groups in total. The third-order valence-corrected chi connectivity index (χ3v) is 2.28. The van der Waals surface area contributed by atoms with Crippen molar-refractivity contribution in [3.8, 4) is 11.5 Å². The van der Waals surface area contributed by atoms with E-state index in [2.05, 4.69) is 15.9 Å². The number of ether oxygens (including phenoxy) is 2. The zero-order chi connectivity index (χ0) is 11.3. The summed E-state index contributed by atoms with van der Waals surface area (Å²) >= 11 is 3.29. The van der Waals surface area contributed by atoms with Gasteiger partial charge in [0.1, 0.15) is 11.5 Å². The molecule has 0 radical (unpaired) electrons. The van der Waals surface area contributed by atoms with Gasteiger partial charge in [0.15, 0.2) is 6.61 Å². The van der Waals surface area contributed by atoms with Crippen LogP contribution in [0.15, 0.2) is 22.7 Å². The predicted octanol–water partition coefficient (Wildman–Crippen LogP) is 0.826. The van der Waals surface area contributed by atoms with Crippen molar-refractivity contribution in [3.63, 3.8) is 0 Å². The maximum Gasteiger partial charge on any atom is 0.271 e. The van der Waals surface area contributed by atoms with E-state index in [4.69, 9.17) is 15.3 Å². The fourth-order valence-corrected chi connectivity index (χ4v) is 1.38. The van der Waals surface area contributed by atoms with E-state index in [1.165, 1.54) is 0 Å². The molecule has 1 amide bonds. The van der Waals surface area contributed by atoms with Crippen LogP contribution in [0.4, 0.5) is 0 Å². The Balaban J connectivity index is 2.66. The number of halogens is 1. The Kier molecular flexibility index (Phi) is 4.38. The minimum Gasteiger partial charge on any atom is -0.497 e. The van der Waals surface area contributed by atoms with E-state index in [0.29, 0.717) is 16.0 Å². The maximum absolute atomic E-state index is 10.8. The molecule has 6 heteroatoms. The molecule has 0 spiro atoms. The van der Waals surface area contributed by atoms with Crippen molar-refractivity contribution < 1.29 is 14.3 Å². The number of hydrazine groups is 1. The second-order valence-corrected chi connectivity index (χ2v) is 3.51. The Morgan fingerprint density at radius 3 is 2.87 bits per heavy atom. The monoisotopic (exact) mass is 274 g/mol. The number of nitrogens with two attached hydrogens (primary N) is 1. The van der Waals surface area contributed by atoms with Crippen LogP contribution in [0.5, 0.6) is 11.5 Å². The number of methoxy groups -OCH3 is 1. The molecule has 0 aliphatic rings. The van der Waals surface area contributed by atoms with Crippen LogP contribution >= 0.6 is 15.9 Å². The first kappa shape index (κ1) is 11.8. The molecule has 1 aromatic carbocycles. The summed E-state index contributed by atoms with van der Waals surface area (Å²) in [6, 6.07) is 5.18. The first-order valence-corrected chi connectivity index (χ1v) is 4.92. The van der Waals surface area contributed by atoms with E-state index in [1.54, 1.807) is 25.3 Å². The van der Waals surface area contributed by atoms with E-state index < -0.39 is 5.91 Å². The van der Waals surface area contributed by atoms with Crippen LogP contribution in [0, 0.1) is 0 Å². The van der Waals surface area contributed by atoms with E-state index in [0.717, 1.165) is 0 Å². The second-order valence-electron chi connectivity index (χ2n) is 2.65. The fourth-order valence-electron chi connectivity index (χ4n) is 0.911. The molecule has 0 saturated heterocycles. The average molecular weight is 275 g/mol. The molecule has 0 bridgehead atoms. The zero-order valence-electron chi connectivity index (χ0n) is 8.12. The molecule has 0 heterocycles. The summed E-state index contributed by atoms with van der Waals surface area (Å²) in [4.78, 5) is 10.8. The standard InChI is InChI=1S/C9H11BrN2O3/c1-14-6-2-3-8(7(10)4-6)15-5-9(13)12-11/h2-4H,5,11H2,1H3,(H,12,13). The molecule has 1 aromatic rings. The van der Waals surface area contributed by atoms with Crippen LogP contribution in [-0.2, 0) is 4.79 Å². The summed E-state index contributed by atoms with van der Waals surface area (Å²) < 4.78 is 10.9. The van der Waals surface area contributed by atoms with Gasteiger partial charge in [-0.25, -0.2) is 5.84 Å². The average Bonchev–Trinajstić information content (AvgIpc) is 2.26. The van der Waals surface area contributed by atoms with Crippen LogP contribution in [0.1, 0.15) is 0 Å². The van der Waals surface area contributed by atoms with Crippen LogP contribution in [-0.4, -0.2) is 19.6 Å². The van der Waals surface area contributed by atoms with Crippen molar-refractivity contribution >= 4 is 21.8 Å². The molecular weight excluding hydrogens is 264 g/mol. The Morgan fingerprint density at radius 2 is 2.33 bits per heavy atom. The van der Waals surface area contributed by atoms with Gasteiger partial charge in [0.2, 0.25) is 0 Å². The lowest BCUT2D eigenvalue weighted by molar-refractivity contribution is -0.123. The zero-order valence-corrected chi connectivity index (χ0v) is 9.71. The van der Waals surface area contributed by atoms with E-state index in [1.807, 2.05) is 5.43 Å².